The molecule has 174 valence electrons. The van der Waals surface area contributed by atoms with Gasteiger partial charge in [0.2, 0.25) is 11.8 Å². The molecular weight excluding hydrogens is 417 g/mol. The number of benzene rings is 2. The molecule has 1 aliphatic carbocycles. The van der Waals surface area contributed by atoms with Gasteiger partial charge in [-0.2, -0.15) is 0 Å². The third kappa shape index (κ3) is 6.01. The minimum atomic E-state index is -0.297. The Kier molecular flexibility index (Phi) is 7.11. The summed E-state index contributed by atoms with van der Waals surface area (Å²) in [6, 6.07) is 14.6. The molecule has 0 aliphatic heterocycles. The van der Waals surface area contributed by atoms with Crippen LogP contribution in [0.25, 0.3) is 10.9 Å². The Bertz CT molecular complexity index is 1100. The van der Waals surface area contributed by atoms with Gasteiger partial charge in [0.15, 0.2) is 0 Å². The van der Waals surface area contributed by atoms with Crippen molar-refractivity contribution in [3.63, 3.8) is 0 Å². The Labute approximate surface area is 194 Å². The summed E-state index contributed by atoms with van der Waals surface area (Å²) in [6.07, 6.45) is 5.07. The SMILES string of the molecule is CC(C)CC(=O)N(CC(=O)N(CCc1c[nH]c2ccccc12)Cc1ccc(F)cc1)C1CC1. The molecular formula is C27H32FN3O2. The lowest BCUT2D eigenvalue weighted by Crippen LogP contribution is -2.44. The van der Waals surface area contributed by atoms with Gasteiger partial charge in [0.25, 0.3) is 0 Å². The van der Waals surface area contributed by atoms with Crippen LogP contribution >= 0.6 is 0 Å². The summed E-state index contributed by atoms with van der Waals surface area (Å²) in [7, 11) is 0. The van der Waals surface area contributed by atoms with E-state index in [9.17, 15) is 14.0 Å². The number of halogens is 1. The highest BCUT2D eigenvalue weighted by atomic mass is 19.1. The number of nitrogens with one attached hydrogen (secondary N) is 1. The summed E-state index contributed by atoms with van der Waals surface area (Å²) in [6.45, 7) is 5.05. The lowest BCUT2D eigenvalue weighted by atomic mass is 10.1. The molecule has 1 aliphatic rings. The standard InChI is InChI=1S/C27H32FN3O2/c1-19(2)15-26(32)31(23-11-12-23)18-27(33)30(17-20-7-9-22(28)10-8-20)14-13-21-16-29-25-6-4-3-5-24(21)25/h3-10,16,19,23,29H,11-15,17-18H2,1-2H3. The van der Waals surface area contributed by atoms with E-state index < -0.39 is 0 Å². The molecule has 2 amide bonds. The highest BCUT2D eigenvalue weighted by Gasteiger charge is 2.34. The molecule has 5 nitrogen and oxygen atoms in total. The first kappa shape index (κ1) is 23.0. The van der Waals surface area contributed by atoms with Crippen LogP contribution in [0.4, 0.5) is 4.39 Å². The minimum Gasteiger partial charge on any atom is -0.361 e. The number of carbonyl (C=O) groups is 2. The summed E-state index contributed by atoms with van der Waals surface area (Å²) in [5.41, 5.74) is 3.09. The molecule has 1 saturated carbocycles. The van der Waals surface area contributed by atoms with Gasteiger partial charge in [-0.15, -0.1) is 0 Å². The fourth-order valence-corrected chi connectivity index (χ4v) is 4.22. The molecule has 1 heterocycles. The second-order valence-corrected chi connectivity index (χ2v) is 9.40. The quantitative estimate of drug-likeness (QED) is 0.478. The number of hydrogen-bond acceptors (Lipinski definition) is 2. The van der Waals surface area contributed by atoms with E-state index in [1.165, 1.54) is 12.1 Å². The van der Waals surface area contributed by atoms with Crippen molar-refractivity contribution in [3.8, 4) is 0 Å². The van der Waals surface area contributed by atoms with E-state index in [2.05, 4.69) is 11.1 Å². The maximum atomic E-state index is 13.4. The molecule has 0 spiro atoms. The van der Waals surface area contributed by atoms with Crippen molar-refractivity contribution in [1.82, 2.24) is 14.8 Å². The van der Waals surface area contributed by atoms with Crippen LogP contribution < -0.4 is 0 Å². The van der Waals surface area contributed by atoms with Gasteiger partial charge in [0, 0.05) is 42.7 Å². The number of rotatable bonds is 10. The second kappa shape index (κ2) is 10.2. The fraction of sp³-hybridized carbons (Fsp3) is 0.407. The number of aromatic nitrogens is 1. The predicted octanol–water partition coefficient (Wildman–Crippen LogP) is 4.92. The number of nitrogens with zero attached hydrogens (tertiary/aromatic N) is 2. The first-order valence-corrected chi connectivity index (χ1v) is 11.8. The Hall–Kier alpha value is -3.15. The average molecular weight is 450 g/mol. The molecule has 6 heteroatoms. The zero-order valence-corrected chi connectivity index (χ0v) is 19.4. The van der Waals surface area contributed by atoms with E-state index >= 15 is 0 Å². The van der Waals surface area contributed by atoms with E-state index in [1.54, 1.807) is 21.9 Å². The Balaban J connectivity index is 1.50. The maximum absolute atomic E-state index is 13.4. The first-order valence-electron chi connectivity index (χ1n) is 11.8. The van der Waals surface area contributed by atoms with E-state index in [0.29, 0.717) is 25.9 Å². The fourth-order valence-electron chi connectivity index (χ4n) is 4.22. The monoisotopic (exact) mass is 449 g/mol. The van der Waals surface area contributed by atoms with Crippen molar-refractivity contribution in [2.75, 3.05) is 13.1 Å². The normalized spacial score (nSPS) is 13.5. The first-order chi connectivity index (χ1) is 15.9. The van der Waals surface area contributed by atoms with E-state index in [1.807, 2.05) is 38.2 Å². The summed E-state index contributed by atoms with van der Waals surface area (Å²) >= 11 is 0. The molecule has 2 aromatic carbocycles. The smallest absolute Gasteiger partial charge is 0.242 e. The zero-order valence-electron chi connectivity index (χ0n) is 19.4. The van der Waals surface area contributed by atoms with Gasteiger partial charge in [-0.3, -0.25) is 9.59 Å². The minimum absolute atomic E-state index is 0.0548. The van der Waals surface area contributed by atoms with Crippen LogP contribution in [-0.2, 0) is 22.6 Å². The number of para-hydroxylation sites is 1. The molecule has 0 unspecified atom stereocenters. The lowest BCUT2D eigenvalue weighted by molar-refractivity contribution is -0.141. The van der Waals surface area contributed by atoms with Gasteiger partial charge in [-0.05, 0) is 54.5 Å². The zero-order chi connectivity index (χ0) is 23.4. The Morgan fingerprint density at radius 3 is 2.48 bits per heavy atom. The van der Waals surface area contributed by atoms with Crippen molar-refractivity contribution in [3.05, 3.63) is 71.7 Å². The van der Waals surface area contributed by atoms with Crippen LogP contribution in [0.5, 0.6) is 0 Å². The molecule has 4 rings (SSSR count). The molecule has 0 saturated heterocycles. The second-order valence-electron chi connectivity index (χ2n) is 9.40. The molecule has 0 bridgehead atoms. The van der Waals surface area contributed by atoms with Gasteiger partial charge in [-0.1, -0.05) is 44.2 Å². The third-order valence-electron chi connectivity index (χ3n) is 6.16. The van der Waals surface area contributed by atoms with Crippen LogP contribution in [0.2, 0.25) is 0 Å². The maximum Gasteiger partial charge on any atom is 0.242 e. The number of carbonyl (C=O) groups excluding carboxylic acids is 2. The van der Waals surface area contributed by atoms with Crippen LogP contribution in [0.15, 0.2) is 54.7 Å². The molecule has 3 aromatic rings. The highest BCUT2D eigenvalue weighted by molar-refractivity contribution is 5.86. The van der Waals surface area contributed by atoms with Gasteiger partial charge in [0.1, 0.15) is 12.4 Å². The summed E-state index contributed by atoms with van der Waals surface area (Å²) < 4.78 is 13.4. The summed E-state index contributed by atoms with van der Waals surface area (Å²) in [4.78, 5) is 33.1. The lowest BCUT2D eigenvalue weighted by Gasteiger charge is -2.28. The number of amides is 2. The van der Waals surface area contributed by atoms with E-state index in [0.717, 1.165) is 34.9 Å². The summed E-state index contributed by atoms with van der Waals surface area (Å²) in [5, 5.41) is 1.15. The van der Waals surface area contributed by atoms with Crippen LogP contribution in [-0.4, -0.2) is 45.7 Å². The van der Waals surface area contributed by atoms with Crippen molar-refractivity contribution in [1.29, 1.82) is 0 Å². The largest absolute Gasteiger partial charge is 0.361 e. The highest BCUT2D eigenvalue weighted by Crippen LogP contribution is 2.28. The van der Waals surface area contributed by atoms with Crippen LogP contribution in [0, 0.1) is 11.7 Å². The van der Waals surface area contributed by atoms with Gasteiger partial charge in [0.05, 0.1) is 0 Å². The van der Waals surface area contributed by atoms with Crippen molar-refractivity contribution in [2.24, 2.45) is 5.92 Å². The van der Waals surface area contributed by atoms with Crippen LogP contribution in [0.1, 0.15) is 44.2 Å². The average Bonchev–Trinajstić information content (AvgIpc) is 3.55. The predicted molar refractivity (Wildman–Crippen MR) is 128 cm³/mol. The molecule has 0 radical (unpaired) electrons. The Morgan fingerprint density at radius 1 is 1.06 bits per heavy atom. The van der Waals surface area contributed by atoms with Gasteiger partial charge >= 0.3 is 0 Å². The molecule has 1 N–H and O–H groups in total. The van der Waals surface area contributed by atoms with E-state index in [-0.39, 0.29) is 36.1 Å². The number of H-pyrrole nitrogens is 1. The number of aromatic amines is 1. The third-order valence-corrected chi connectivity index (χ3v) is 6.16. The van der Waals surface area contributed by atoms with Crippen LogP contribution in [0.3, 0.4) is 0 Å². The summed E-state index contributed by atoms with van der Waals surface area (Å²) in [5.74, 6) is -0.0527. The molecule has 1 fully saturated rings. The van der Waals surface area contributed by atoms with Crippen molar-refractivity contribution in [2.45, 2.75) is 52.1 Å². The van der Waals surface area contributed by atoms with Gasteiger partial charge < -0.3 is 14.8 Å². The Morgan fingerprint density at radius 2 is 1.79 bits per heavy atom. The number of fused-ring (bicyclic) bond motifs is 1. The molecule has 33 heavy (non-hydrogen) atoms. The van der Waals surface area contributed by atoms with Crippen molar-refractivity contribution < 1.29 is 14.0 Å². The van der Waals surface area contributed by atoms with E-state index in [4.69, 9.17) is 0 Å². The van der Waals surface area contributed by atoms with Crippen molar-refractivity contribution >= 4 is 22.7 Å². The topological polar surface area (TPSA) is 56.4 Å². The number of hydrogen-bond donors (Lipinski definition) is 1. The molecule has 0 atom stereocenters. The van der Waals surface area contributed by atoms with Gasteiger partial charge in [-0.25, -0.2) is 4.39 Å². The molecule has 1 aromatic heterocycles.